The van der Waals surface area contributed by atoms with Crippen LogP contribution in [0.3, 0.4) is 0 Å². The molecule has 22 heavy (non-hydrogen) atoms. The molecule has 1 aromatic heterocycles. The van der Waals surface area contributed by atoms with E-state index in [-0.39, 0.29) is 11.3 Å². The number of aromatic nitrogens is 1. The van der Waals surface area contributed by atoms with Crippen LogP contribution in [0.2, 0.25) is 5.02 Å². The first-order valence-corrected chi connectivity index (χ1v) is 8.42. The normalized spacial score (nSPS) is 18.3. The van der Waals surface area contributed by atoms with Crippen molar-refractivity contribution < 1.29 is 4.79 Å². The average molecular weight is 329 g/mol. The van der Waals surface area contributed by atoms with Gasteiger partial charge in [0.05, 0.1) is 5.75 Å². The van der Waals surface area contributed by atoms with Crippen LogP contribution in [0.4, 0.5) is 5.69 Å². The molecule has 3 nitrogen and oxygen atoms in total. The minimum Gasteiger partial charge on any atom is -0.361 e. The van der Waals surface area contributed by atoms with Gasteiger partial charge in [-0.2, -0.15) is 0 Å². The van der Waals surface area contributed by atoms with Gasteiger partial charge >= 0.3 is 0 Å². The third kappa shape index (κ3) is 2.19. The van der Waals surface area contributed by atoms with E-state index in [1.165, 1.54) is 0 Å². The third-order valence-electron chi connectivity index (χ3n) is 3.86. The maximum absolute atomic E-state index is 12.4. The molecule has 2 heterocycles. The number of nitrogens with zero attached hydrogens (tertiary/aromatic N) is 1. The van der Waals surface area contributed by atoms with Crippen LogP contribution in [0.1, 0.15) is 10.9 Å². The molecule has 0 radical (unpaired) electrons. The van der Waals surface area contributed by atoms with Crippen molar-refractivity contribution in [2.24, 2.45) is 0 Å². The van der Waals surface area contributed by atoms with E-state index < -0.39 is 0 Å². The Morgan fingerprint density at radius 3 is 2.73 bits per heavy atom. The Morgan fingerprint density at radius 1 is 1.14 bits per heavy atom. The summed E-state index contributed by atoms with van der Waals surface area (Å²) in [5, 5.41) is 1.82. The van der Waals surface area contributed by atoms with Crippen molar-refractivity contribution in [3.05, 3.63) is 65.3 Å². The van der Waals surface area contributed by atoms with Crippen LogP contribution in [-0.4, -0.2) is 16.6 Å². The number of amides is 1. The summed E-state index contributed by atoms with van der Waals surface area (Å²) in [6, 6.07) is 15.6. The SMILES string of the molecule is O=C1CS[C@@H](c2c[nH]c3ccccc23)N1c1ccc(Cl)cc1. The van der Waals surface area contributed by atoms with Crippen LogP contribution in [0.15, 0.2) is 54.7 Å². The summed E-state index contributed by atoms with van der Waals surface area (Å²) < 4.78 is 0. The smallest absolute Gasteiger partial charge is 0.238 e. The van der Waals surface area contributed by atoms with Gasteiger partial charge in [-0.3, -0.25) is 9.69 Å². The van der Waals surface area contributed by atoms with Gasteiger partial charge in [-0.1, -0.05) is 29.8 Å². The third-order valence-corrected chi connectivity index (χ3v) is 5.31. The van der Waals surface area contributed by atoms with E-state index in [2.05, 4.69) is 11.1 Å². The second kappa shape index (κ2) is 5.38. The van der Waals surface area contributed by atoms with E-state index in [4.69, 9.17) is 11.6 Å². The fourth-order valence-electron chi connectivity index (χ4n) is 2.83. The van der Waals surface area contributed by atoms with Crippen LogP contribution >= 0.6 is 23.4 Å². The maximum Gasteiger partial charge on any atom is 0.238 e. The lowest BCUT2D eigenvalue weighted by Crippen LogP contribution is -2.27. The van der Waals surface area contributed by atoms with Gasteiger partial charge in [0.15, 0.2) is 0 Å². The zero-order valence-electron chi connectivity index (χ0n) is 11.6. The van der Waals surface area contributed by atoms with E-state index in [9.17, 15) is 4.79 Å². The summed E-state index contributed by atoms with van der Waals surface area (Å²) in [4.78, 5) is 17.5. The molecule has 5 heteroatoms. The van der Waals surface area contributed by atoms with Crippen molar-refractivity contribution in [1.82, 2.24) is 4.98 Å². The number of nitrogens with one attached hydrogen (secondary N) is 1. The lowest BCUT2D eigenvalue weighted by Gasteiger charge is -2.24. The van der Waals surface area contributed by atoms with Gasteiger partial charge < -0.3 is 4.98 Å². The number of halogens is 1. The molecule has 1 N–H and O–H groups in total. The summed E-state index contributed by atoms with van der Waals surface area (Å²) in [7, 11) is 0. The number of H-pyrrole nitrogens is 1. The molecule has 0 spiro atoms. The molecule has 1 aliphatic rings. The predicted octanol–water partition coefficient (Wildman–Crippen LogP) is 4.60. The van der Waals surface area contributed by atoms with Gasteiger partial charge in [0.25, 0.3) is 0 Å². The van der Waals surface area contributed by atoms with Gasteiger partial charge in [-0.05, 0) is 30.3 Å². The van der Waals surface area contributed by atoms with Crippen molar-refractivity contribution >= 4 is 45.9 Å². The van der Waals surface area contributed by atoms with Crippen molar-refractivity contribution in [2.45, 2.75) is 5.37 Å². The quantitative estimate of drug-likeness (QED) is 0.746. The Labute approximate surface area is 137 Å². The number of anilines is 1. The number of carbonyl (C=O) groups is 1. The number of fused-ring (bicyclic) bond motifs is 1. The number of rotatable bonds is 2. The van der Waals surface area contributed by atoms with Gasteiger partial charge in [-0.15, -0.1) is 11.8 Å². The van der Waals surface area contributed by atoms with Crippen LogP contribution in [-0.2, 0) is 4.79 Å². The minimum absolute atomic E-state index is 0.00942. The zero-order valence-corrected chi connectivity index (χ0v) is 13.2. The van der Waals surface area contributed by atoms with E-state index >= 15 is 0 Å². The lowest BCUT2D eigenvalue weighted by atomic mass is 10.1. The maximum atomic E-state index is 12.4. The number of thioether (sulfide) groups is 1. The molecular formula is C17H13ClN2OS. The molecular weight excluding hydrogens is 316 g/mol. The molecule has 4 rings (SSSR count). The van der Waals surface area contributed by atoms with Crippen LogP contribution in [0.5, 0.6) is 0 Å². The highest BCUT2D eigenvalue weighted by Crippen LogP contribution is 2.44. The van der Waals surface area contributed by atoms with Crippen LogP contribution in [0.25, 0.3) is 10.9 Å². The van der Waals surface area contributed by atoms with Gasteiger partial charge in [0.1, 0.15) is 5.37 Å². The molecule has 0 unspecified atom stereocenters. The predicted molar refractivity (Wildman–Crippen MR) is 92.4 cm³/mol. The molecule has 1 saturated heterocycles. The highest BCUT2D eigenvalue weighted by atomic mass is 35.5. The van der Waals surface area contributed by atoms with Crippen molar-refractivity contribution in [3.63, 3.8) is 0 Å². The summed E-state index contributed by atoms with van der Waals surface area (Å²) >= 11 is 7.61. The topological polar surface area (TPSA) is 36.1 Å². The summed E-state index contributed by atoms with van der Waals surface area (Å²) in [6.45, 7) is 0. The van der Waals surface area contributed by atoms with E-state index in [0.29, 0.717) is 10.8 Å². The summed E-state index contributed by atoms with van der Waals surface area (Å²) in [5.74, 6) is 0.620. The fourth-order valence-corrected chi connectivity index (χ4v) is 4.16. The second-order valence-electron chi connectivity index (χ2n) is 5.19. The number of carbonyl (C=O) groups excluding carboxylic acids is 1. The molecule has 2 aromatic carbocycles. The zero-order chi connectivity index (χ0) is 15.1. The first kappa shape index (κ1) is 13.7. The monoisotopic (exact) mass is 328 g/mol. The number of benzene rings is 2. The molecule has 0 saturated carbocycles. The first-order valence-electron chi connectivity index (χ1n) is 6.99. The van der Waals surface area contributed by atoms with Crippen LogP contribution < -0.4 is 4.90 Å². The Kier molecular flexibility index (Phi) is 3.36. The molecule has 0 bridgehead atoms. The lowest BCUT2D eigenvalue weighted by molar-refractivity contribution is -0.115. The molecule has 1 amide bonds. The molecule has 110 valence electrons. The number of hydrogen-bond acceptors (Lipinski definition) is 2. The first-order chi connectivity index (χ1) is 10.7. The van der Waals surface area contributed by atoms with Crippen LogP contribution in [0, 0.1) is 0 Å². The molecule has 1 fully saturated rings. The van der Waals surface area contributed by atoms with Crippen molar-refractivity contribution in [3.8, 4) is 0 Å². The molecule has 3 aromatic rings. The number of aromatic amines is 1. The standard InChI is InChI=1S/C17H13ClN2OS/c18-11-5-7-12(8-6-11)20-16(21)10-22-17(20)14-9-19-15-4-2-1-3-13(14)15/h1-9,17,19H,10H2/t17-/m0/s1. The molecule has 0 aliphatic carbocycles. The highest BCUT2D eigenvalue weighted by Gasteiger charge is 2.35. The number of hydrogen-bond donors (Lipinski definition) is 1. The van der Waals surface area contributed by atoms with Crippen molar-refractivity contribution in [1.29, 1.82) is 0 Å². The Hall–Kier alpha value is -1.91. The van der Waals surface area contributed by atoms with Gasteiger partial charge in [0, 0.05) is 33.4 Å². The Morgan fingerprint density at radius 2 is 1.91 bits per heavy atom. The van der Waals surface area contributed by atoms with E-state index in [1.807, 2.05) is 53.6 Å². The van der Waals surface area contributed by atoms with Crippen molar-refractivity contribution in [2.75, 3.05) is 10.7 Å². The molecule has 1 atom stereocenters. The Bertz CT molecular complexity index is 843. The van der Waals surface area contributed by atoms with E-state index in [1.54, 1.807) is 11.8 Å². The fraction of sp³-hybridized carbons (Fsp3) is 0.118. The molecule has 1 aliphatic heterocycles. The average Bonchev–Trinajstić information content (AvgIpc) is 3.12. The van der Waals surface area contributed by atoms with E-state index in [0.717, 1.165) is 22.2 Å². The minimum atomic E-state index is -0.00942. The summed E-state index contributed by atoms with van der Waals surface area (Å²) in [6.07, 6.45) is 2.00. The number of para-hydroxylation sites is 1. The summed E-state index contributed by atoms with van der Waals surface area (Å²) in [5.41, 5.74) is 3.12. The largest absolute Gasteiger partial charge is 0.361 e. The van der Waals surface area contributed by atoms with Gasteiger partial charge in [0.2, 0.25) is 5.91 Å². The van der Waals surface area contributed by atoms with Gasteiger partial charge in [-0.25, -0.2) is 0 Å². The Balaban J connectivity index is 1.80. The highest BCUT2D eigenvalue weighted by molar-refractivity contribution is 8.00. The second-order valence-corrected chi connectivity index (χ2v) is 6.70.